The first-order chi connectivity index (χ1) is 13.0. The molecule has 0 unspecified atom stereocenters. The molecule has 2 aromatic carbocycles. The number of carbonyl (C=O) groups excluding carboxylic acids is 2. The number of ether oxygens (including phenoxy) is 2. The summed E-state index contributed by atoms with van der Waals surface area (Å²) in [5.41, 5.74) is 0.339. The molecule has 138 valence electrons. The van der Waals surface area contributed by atoms with E-state index in [9.17, 15) is 14.4 Å². The molecule has 3 aromatic rings. The zero-order chi connectivity index (χ0) is 19.4. The van der Waals surface area contributed by atoms with Gasteiger partial charge in [0.05, 0.1) is 29.6 Å². The molecule has 8 heteroatoms. The third kappa shape index (κ3) is 4.15. The number of fused-ring (bicyclic) bond motifs is 1. The molecule has 3 rings (SSSR count). The van der Waals surface area contributed by atoms with Gasteiger partial charge in [-0.05, 0) is 24.3 Å². The zero-order valence-electron chi connectivity index (χ0n) is 14.3. The van der Waals surface area contributed by atoms with Crippen molar-refractivity contribution < 1.29 is 19.1 Å². The molecule has 0 aliphatic carbocycles. The highest BCUT2D eigenvalue weighted by Gasteiger charge is 2.15. The molecule has 0 saturated heterocycles. The summed E-state index contributed by atoms with van der Waals surface area (Å²) in [6, 6.07) is 11.4. The van der Waals surface area contributed by atoms with E-state index in [0.29, 0.717) is 32.8 Å². The van der Waals surface area contributed by atoms with E-state index in [1.54, 1.807) is 30.3 Å². The van der Waals surface area contributed by atoms with Crippen LogP contribution >= 0.6 is 11.6 Å². The Kier molecular flexibility index (Phi) is 5.52. The Balaban J connectivity index is 1.67. The Morgan fingerprint density at radius 1 is 1.15 bits per heavy atom. The summed E-state index contributed by atoms with van der Waals surface area (Å²) in [5, 5.41) is 7.54. The van der Waals surface area contributed by atoms with Crippen molar-refractivity contribution >= 4 is 34.1 Å². The summed E-state index contributed by atoms with van der Waals surface area (Å²) in [5.74, 6) is -0.582. The minimum atomic E-state index is -0.632. The van der Waals surface area contributed by atoms with Crippen LogP contribution in [0.25, 0.3) is 10.8 Å². The summed E-state index contributed by atoms with van der Waals surface area (Å²) in [4.78, 5) is 36.0. The number of ketones is 1. The molecule has 27 heavy (non-hydrogen) atoms. The van der Waals surface area contributed by atoms with E-state index in [1.807, 2.05) is 0 Å². The number of Topliss-reactive ketones (excluding diaryl/α,β-unsaturated/α-hetero) is 1. The van der Waals surface area contributed by atoms with Gasteiger partial charge in [0, 0.05) is 10.9 Å². The number of halogens is 1. The summed E-state index contributed by atoms with van der Waals surface area (Å²) in [7, 11) is 1.47. The van der Waals surface area contributed by atoms with Crippen LogP contribution < -0.4 is 10.3 Å². The van der Waals surface area contributed by atoms with E-state index in [1.165, 1.54) is 19.2 Å². The number of aromatic nitrogens is 2. The van der Waals surface area contributed by atoms with Crippen LogP contribution in [-0.2, 0) is 16.0 Å². The summed E-state index contributed by atoms with van der Waals surface area (Å²) >= 11 is 5.99. The number of methoxy groups -OCH3 is 1. The van der Waals surface area contributed by atoms with Crippen molar-refractivity contribution in [3.8, 4) is 5.75 Å². The fourth-order valence-electron chi connectivity index (χ4n) is 2.56. The van der Waals surface area contributed by atoms with Crippen LogP contribution in [0.2, 0.25) is 5.02 Å². The van der Waals surface area contributed by atoms with Crippen molar-refractivity contribution in [3.63, 3.8) is 0 Å². The van der Waals surface area contributed by atoms with Crippen LogP contribution in [0.1, 0.15) is 16.1 Å². The third-order valence-electron chi connectivity index (χ3n) is 3.92. The largest absolute Gasteiger partial charge is 0.495 e. The molecule has 0 atom stereocenters. The van der Waals surface area contributed by atoms with E-state index >= 15 is 0 Å². The first kappa shape index (κ1) is 18.6. The normalized spacial score (nSPS) is 10.6. The minimum Gasteiger partial charge on any atom is -0.495 e. The highest BCUT2D eigenvalue weighted by Crippen LogP contribution is 2.25. The van der Waals surface area contributed by atoms with E-state index in [0.717, 1.165) is 0 Å². The Morgan fingerprint density at radius 3 is 2.59 bits per heavy atom. The topological polar surface area (TPSA) is 98.3 Å². The molecule has 0 fully saturated rings. The first-order valence-electron chi connectivity index (χ1n) is 7.98. The fraction of sp³-hybridized carbons (Fsp3) is 0.158. The van der Waals surface area contributed by atoms with Crippen molar-refractivity contribution in [2.45, 2.75) is 6.42 Å². The second-order valence-corrected chi connectivity index (χ2v) is 6.06. The molecule has 0 saturated carbocycles. The van der Waals surface area contributed by atoms with Crippen LogP contribution in [0.4, 0.5) is 0 Å². The first-order valence-corrected chi connectivity index (χ1v) is 8.36. The fourth-order valence-corrected chi connectivity index (χ4v) is 2.82. The molecule has 0 bridgehead atoms. The predicted octanol–water partition coefficient (Wildman–Crippen LogP) is 2.55. The number of esters is 1. The van der Waals surface area contributed by atoms with Gasteiger partial charge in [-0.25, -0.2) is 5.10 Å². The highest BCUT2D eigenvalue weighted by molar-refractivity contribution is 6.32. The van der Waals surface area contributed by atoms with Crippen molar-refractivity contribution in [1.82, 2.24) is 10.2 Å². The molecular weight excluding hydrogens is 372 g/mol. The lowest BCUT2D eigenvalue weighted by Crippen LogP contribution is -2.18. The van der Waals surface area contributed by atoms with Gasteiger partial charge in [-0.1, -0.05) is 29.8 Å². The summed E-state index contributed by atoms with van der Waals surface area (Å²) in [6.45, 7) is -0.428. The smallest absolute Gasteiger partial charge is 0.312 e. The lowest BCUT2D eigenvalue weighted by molar-refractivity contribution is -0.141. The standard InChI is InChI=1S/C19H15ClN2O5/c1-26-17-7-6-11(8-14(17)20)16(23)10-27-18(24)9-15-12-4-2-3-5-13(12)19(25)22-21-15/h2-8H,9-10H2,1H3,(H,22,25). The molecular formula is C19H15ClN2O5. The maximum Gasteiger partial charge on any atom is 0.312 e. The molecule has 0 radical (unpaired) electrons. The number of H-pyrrole nitrogens is 1. The summed E-state index contributed by atoms with van der Waals surface area (Å²) in [6.07, 6.45) is -0.173. The number of hydrogen-bond donors (Lipinski definition) is 1. The maximum atomic E-state index is 12.2. The maximum absolute atomic E-state index is 12.2. The van der Waals surface area contributed by atoms with Crippen molar-refractivity contribution in [2.75, 3.05) is 13.7 Å². The molecule has 0 spiro atoms. The van der Waals surface area contributed by atoms with E-state index < -0.39 is 18.4 Å². The van der Waals surface area contributed by atoms with E-state index in [4.69, 9.17) is 21.1 Å². The van der Waals surface area contributed by atoms with Gasteiger partial charge in [-0.3, -0.25) is 14.4 Å². The van der Waals surface area contributed by atoms with Gasteiger partial charge in [-0.15, -0.1) is 0 Å². The van der Waals surface area contributed by atoms with E-state index in [2.05, 4.69) is 10.2 Å². The quantitative estimate of drug-likeness (QED) is 0.516. The molecule has 1 aromatic heterocycles. The average Bonchev–Trinajstić information content (AvgIpc) is 2.68. The number of benzene rings is 2. The molecule has 7 nitrogen and oxygen atoms in total. The Labute approximate surface area is 158 Å². The van der Waals surface area contributed by atoms with Crippen LogP contribution in [0.15, 0.2) is 47.3 Å². The van der Waals surface area contributed by atoms with Crippen LogP contribution in [0.5, 0.6) is 5.75 Å². The molecule has 0 aliphatic heterocycles. The second kappa shape index (κ2) is 8.01. The highest BCUT2D eigenvalue weighted by atomic mass is 35.5. The van der Waals surface area contributed by atoms with Crippen LogP contribution in [-0.4, -0.2) is 35.7 Å². The number of aromatic amines is 1. The van der Waals surface area contributed by atoms with Gasteiger partial charge < -0.3 is 9.47 Å². The van der Waals surface area contributed by atoms with Gasteiger partial charge in [0.25, 0.3) is 5.56 Å². The Hall–Kier alpha value is -3.19. The molecule has 0 amide bonds. The van der Waals surface area contributed by atoms with Crippen molar-refractivity contribution in [2.24, 2.45) is 0 Å². The second-order valence-electron chi connectivity index (χ2n) is 5.65. The number of hydrogen-bond acceptors (Lipinski definition) is 6. The Bertz CT molecular complexity index is 1080. The lowest BCUT2D eigenvalue weighted by Gasteiger charge is -2.07. The van der Waals surface area contributed by atoms with Gasteiger partial charge in [0.2, 0.25) is 0 Å². The number of nitrogens with one attached hydrogen (secondary N) is 1. The third-order valence-corrected chi connectivity index (χ3v) is 4.22. The number of carbonyl (C=O) groups is 2. The van der Waals surface area contributed by atoms with Gasteiger partial charge in [0.1, 0.15) is 5.75 Å². The average molecular weight is 387 g/mol. The number of nitrogens with zero attached hydrogens (tertiary/aromatic N) is 1. The lowest BCUT2D eigenvalue weighted by atomic mass is 10.1. The van der Waals surface area contributed by atoms with Crippen LogP contribution in [0.3, 0.4) is 0 Å². The molecule has 0 aliphatic rings. The number of rotatable bonds is 6. The Morgan fingerprint density at radius 2 is 1.89 bits per heavy atom. The van der Waals surface area contributed by atoms with E-state index in [-0.39, 0.29) is 12.0 Å². The van der Waals surface area contributed by atoms with Gasteiger partial charge in [0.15, 0.2) is 12.4 Å². The zero-order valence-corrected chi connectivity index (χ0v) is 15.1. The van der Waals surface area contributed by atoms with Crippen molar-refractivity contribution in [1.29, 1.82) is 0 Å². The monoisotopic (exact) mass is 386 g/mol. The van der Waals surface area contributed by atoms with Gasteiger partial charge in [-0.2, -0.15) is 5.10 Å². The van der Waals surface area contributed by atoms with Crippen molar-refractivity contribution in [3.05, 3.63) is 69.1 Å². The van der Waals surface area contributed by atoms with Gasteiger partial charge >= 0.3 is 5.97 Å². The predicted molar refractivity (Wildman–Crippen MR) is 99.4 cm³/mol. The molecule has 1 heterocycles. The SMILES string of the molecule is COc1ccc(C(=O)COC(=O)Cc2n[nH]c(=O)c3ccccc23)cc1Cl. The van der Waals surface area contributed by atoms with Crippen LogP contribution in [0, 0.1) is 0 Å². The summed E-state index contributed by atoms with van der Waals surface area (Å²) < 4.78 is 10.1. The molecule has 1 N–H and O–H groups in total. The minimum absolute atomic E-state index is 0.173.